The minimum atomic E-state index is 0.552. The molecule has 5 aromatic rings. The molecule has 0 unspecified atom stereocenters. The lowest BCUT2D eigenvalue weighted by molar-refractivity contribution is 0.960. The number of H-pyrrole nitrogens is 1. The Morgan fingerprint density at radius 2 is 1.91 bits per heavy atom. The van der Waals surface area contributed by atoms with Crippen LogP contribution in [0.25, 0.3) is 33.9 Å². The predicted octanol–water partition coefficient (Wildman–Crippen LogP) is 5.14. The van der Waals surface area contributed by atoms with Gasteiger partial charge in [-0.1, -0.05) is 30.4 Å². The summed E-state index contributed by atoms with van der Waals surface area (Å²) in [5.74, 6) is 0.820. The monoisotopic (exact) mass is 421 g/mol. The molecule has 0 atom stereocenters. The van der Waals surface area contributed by atoms with Crippen molar-refractivity contribution in [2.24, 2.45) is 0 Å². The van der Waals surface area contributed by atoms with Crippen molar-refractivity contribution in [1.82, 2.24) is 29.5 Å². The molecular formula is C25H23N7. The van der Waals surface area contributed by atoms with E-state index in [-0.39, 0.29) is 0 Å². The first-order chi connectivity index (χ1) is 15.6. The average Bonchev–Trinajstić information content (AvgIpc) is 3.44. The van der Waals surface area contributed by atoms with Crippen LogP contribution in [-0.4, -0.2) is 29.5 Å². The van der Waals surface area contributed by atoms with Crippen molar-refractivity contribution in [2.75, 3.05) is 5.32 Å². The number of nitrogens with one attached hydrogen (secondary N) is 2. The van der Waals surface area contributed by atoms with Gasteiger partial charge in [-0.05, 0) is 55.8 Å². The first kappa shape index (κ1) is 19.7. The molecule has 7 nitrogen and oxygen atoms in total. The summed E-state index contributed by atoms with van der Waals surface area (Å²) in [6, 6.07) is 18.2. The zero-order valence-corrected chi connectivity index (χ0v) is 18.0. The van der Waals surface area contributed by atoms with Crippen LogP contribution in [0.3, 0.4) is 0 Å². The van der Waals surface area contributed by atoms with Crippen molar-refractivity contribution in [3.8, 4) is 22.6 Å². The summed E-state index contributed by atoms with van der Waals surface area (Å²) in [5, 5.41) is 7.69. The first-order valence-corrected chi connectivity index (χ1v) is 10.4. The summed E-state index contributed by atoms with van der Waals surface area (Å²) >= 11 is 0. The minimum Gasteiger partial charge on any atom is -0.378 e. The van der Waals surface area contributed by atoms with Gasteiger partial charge >= 0.3 is 0 Å². The Kier molecular flexibility index (Phi) is 4.99. The molecule has 2 N–H and O–H groups in total. The molecule has 0 aliphatic carbocycles. The highest BCUT2D eigenvalue weighted by atomic mass is 15.3. The average molecular weight is 422 g/mol. The maximum absolute atomic E-state index is 4.90. The Hall–Kier alpha value is -4.26. The number of anilines is 1. The molecule has 1 aromatic carbocycles. The summed E-state index contributed by atoms with van der Waals surface area (Å²) in [7, 11) is 0. The quantitative estimate of drug-likeness (QED) is 0.397. The second kappa shape index (κ2) is 8.11. The molecule has 32 heavy (non-hydrogen) atoms. The van der Waals surface area contributed by atoms with Crippen LogP contribution in [0.2, 0.25) is 0 Å². The summed E-state index contributed by atoms with van der Waals surface area (Å²) in [4.78, 5) is 17.3. The molecule has 7 heteroatoms. The smallest absolute Gasteiger partial charge is 0.155 e. The number of rotatable bonds is 6. The Balaban J connectivity index is 1.49. The number of nitrogens with zero attached hydrogens (tertiary/aromatic N) is 5. The van der Waals surface area contributed by atoms with Crippen molar-refractivity contribution >= 4 is 16.9 Å². The maximum atomic E-state index is 4.90. The zero-order chi connectivity index (χ0) is 22.1. The molecule has 0 aliphatic heterocycles. The van der Waals surface area contributed by atoms with Gasteiger partial charge < -0.3 is 10.3 Å². The van der Waals surface area contributed by atoms with Gasteiger partial charge in [0.1, 0.15) is 12.2 Å². The Labute approximate surface area is 185 Å². The van der Waals surface area contributed by atoms with Gasteiger partial charge in [-0.15, -0.1) is 0 Å². The number of benzene rings is 1. The van der Waals surface area contributed by atoms with Crippen LogP contribution < -0.4 is 5.32 Å². The molecule has 0 spiro atoms. The van der Waals surface area contributed by atoms with E-state index in [1.54, 1.807) is 10.8 Å². The fourth-order valence-electron chi connectivity index (χ4n) is 3.60. The second-order valence-corrected chi connectivity index (χ2v) is 7.76. The lowest BCUT2D eigenvalue weighted by Gasteiger charge is -2.06. The molecule has 4 aromatic heterocycles. The summed E-state index contributed by atoms with van der Waals surface area (Å²) in [6.45, 7) is 8.53. The van der Waals surface area contributed by atoms with E-state index < -0.39 is 0 Å². The molecule has 4 heterocycles. The molecule has 0 amide bonds. The number of allylic oxidation sites excluding steroid dienone is 1. The third kappa shape index (κ3) is 3.88. The first-order valence-electron chi connectivity index (χ1n) is 10.4. The van der Waals surface area contributed by atoms with Crippen molar-refractivity contribution < 1.29 is 0 Å². The van der Waals surface area contributed by atoms with Gasteiger partial charge in [0, 0.05) is 23.1 Å². The van der Waals surface area contributed by atoms with E-state index in [0.717, 1.165) is 56.6 Å². The zero-order valence-electron chi connectivity index (χ0n) is 18.0. The number of hydrogen-bond donors (Lipinski definition) is 2. The highest BCUT2D eigenvalue weighted by Gasteiger charge is 2.16. The summed E-state index contributed by atoms with van der Waals surface area (Å²) in [6.07, 6.45) is 3.48. The molecule has 0 saturated carbocycles. The van der Waals surface area contributed by atoms with Crippen LogP contribution in [0, 0.1) is 6.92 Å². The van der Waals surface area contributed by atoms with E-state index >= 15 is 0 Å². The van der Waals surface area contributed by atoms with E-state index in [0.29, 0.717) is 6.54 Å². The highest BCUT2D eigenvalue weighted by Crippen LogP contribution is 2.29. The molecule has 0 saturated heterocycles. The number of hydrogen-bond acceptors (Lipinski definition) is 5. The van der Waals surface area contributed by atoms with Crippen molar-refractivity contribution in [3.63, 3.8) is 0 Å². The molecule has 0 aliphatic rings. The molecule has 0 fully saturated rings. The van der Waals surface area contributed by atoms with E-state index in [1.807, 2.05) is 50.4 Å². The van der Waals surface area contributed by atoms with Crippen molar-refractivity contribution in [1.29, 1.82) is 0 Å². The van der Waals surface area contributed by atoms with Crippen molar-refractivity contribution in [3.05, 3.63) is 90.8 Å². The Bertz CT molecular complexity index is 1410. The molecule has 5 rings (SSSR count). The van der Waals surface area contributed by atoms with Gasteiger partial charge in [-0.3, -0.25) is 4.98 Å². The fourth-order valence-corrected chi connectivity index (χ4v) is 3.60. The predicted molar refractivity (Wildman–Crippen MR) is 127 cm³/mol. The number of aromatic nitrogens is 6. The SMILES string of the molecule is C=C(C)c1ccc(NCc2nc(-c3ccc4ncnn4c3)c(-c3cccc(C)n3)[nH]2)cc1. The van der Waals surface area contributed by atoms with Crippen LogP contribution in [0.15, 0.2) is 73.7 Å². The van der Waals surface area contributed by atoms with Crippen molar-refractivity contribution in [2.45, 2.75) is 20.4 Å². The molecular weight excluding hydrogens is 398 g/mol. The van der Waals surface area contributed by atoms with Gasteiger partial charge in [-0.2, -0.15) is 5.10 Å². The van der Waals surface area contributed by atoms with Gasteiger partial charge in [0.2, 0.25) is 0 Å². The number of pyridine rings is 2. The third-order valence-corrected chi connectivity index (χ3v) is 5.28. The standard InChI is InChI=1S/C25H23N7/c1-16(2)18-7-10-20(11-8-18)26-13-22-30-24(19-9-12-23-27-15-28-32(23)14-19)25(31-22)21-6-4-5-17(3)29-21/h4-12,14-15,26H,1,13H2,2-3H3,(H,30,31). The van der Waals surface area contributed by atoms with Gasteiger partial charge in [0.25, 0.3) is 0 Å². The number of aromatic amines is 1. The lowest BCUT2D eigenvalue weighted by Crippen LogP contribution is -2.01. The molecule has 0 bridgehead atoms. The third-order valence-electron chi connectivity index (χ3n) is 5.28. The normalized spacial score (nSPS) is 11.1. The van der Waals surface area contributed by atoms with E-state index in [1.165, 1.54) is 0 Å². The second-order valence-electron chi connectivity index (χ2n) is 7.76. The number of fused-ring (bicyclic) bond motifs is 1. The van der Waals surface area contributed by atoms with E-state index in [2.05, 4.69) is 51.2 Å². The lowest BCUT2D eigenvalue weighted by atomic mass is 10.1. The van der Waals surface area contributed by atoms with E-state index in [9.17, 15) is 0 Å². The number of aryl methyl sites for hydroxylation is 1. The largest absolute Gasteiger partial charge is 0.378 e. The van der Waals surface area contributed by atoms with Crippen LogP contribution >= 0.6 is 0 Å². The van der Waals surface area contributed by atoms with Crippen LogP contribution in [0.5, 0.6) is 0 Å². The topological polar surface area (TPSA) is 83.8 Å². The Morgan fingerprint density at radius 3 is 2.69 bits per heavy atom. The number of imidazole rings is 1. The Morgan fingerprint density at radius 1 is 1.06 bits per heavy atom. The van der Waals surface area contributed by atoms with Gasteiger partial charge in [0.15, 0.2) is 5.65 Å². The van der Waals surface area contributed by atoms with Crippen LogP contribution in [0.1, 0.15) is 24.0 Å². The van der Waals surface area contributed by atoms with Crippen LogP contribution in [0.4, 0.5) is 5.69 Å². The fraction of sp³-hybridized carbons (Fsp3) is 0.120. The molecule has 158 valence electrons. The maximum Gasteiger partial charge on any atom is 0.155 e. The summed E-state index contributed by atoms with van der Waals surface area (Å²) < 4.78 is 1.75. The van der Waals surface area contributed by atoms with Gasteiger partial charge in [0.05, 0.1) is 23.6 Å². The van der Waals surface area contributed by atoms with E-state index in [4.69, 9.17) is 9.97 Å². The van der Waals surface area contributed by atoms with Crippen LogP contribution in [-0.2, 0) is 6.54 Å². The van der Waals surface area contributed by atoms with Gasteiger partial charge in [-0.25, -0.2) is 14.5 Å². The highest BCUT2D eigenvalue weighted by molar-refractivity contribution is 5.77. The minimum absolute atomic E-state index is 0.552. The molecule has 0 radical (unpaired) electrons. The summed E-state index contributed by atoms with van der Waals surface area (Å²) in [5.41, 5.74) is 8.44.